The Labute approximate surface area is 192 Å². The summed E-state index contributed by atoms with van der Waals surface area (Å²) in [6.45, 7) is 7.69. The maximum Gasteiger partial charge on any atom is 0.251 e. The zero-order chi connectivity index (χ0) is 21.9. The van der Waals surface area contributed by atoms with E-state index in [1.807, 2.05) is 24.4 Å². The van der Waals surface area contributed by atoms with Gasteiger partial charge in [-0.05, 0) is 62.1 Å². The predicted molar refractivity (Wildman–Crippen MR) is 128 cm³/mol. The van der Waals surface area contributed by atoms with E-state index in [0.717, 1.165) is 84.9 Å². The van der Waals surface area contributed by atoms with Crippen LogP contribution in [0.5, 0.6) is 0 Å². The molecule has 0 spiro atoms. The summed E-state index contributed by atoms with van der Waals surface area (Å²) in [5.41, 5.74) is 2.94. The molecule has 0 radical (unpaired) electrons. The van der Waals surface area contributed by atoms with Crippen LogP contribution in [0, 0.1) is 6.92 Å². The van der Waals surface area contributed by atoms with Crippen molar-refractivity contribution in [1.82, 2.24) is 20.2 Å². The van der Waals surface area contributed by atoms with E-state index in [4.69, 9.17) is 9.72 Å². The van der Waals surface area contributed by atoms with Crippen LogP contribution in [0.15, 0.2) is 30.5 Å². The van der Waals surface area contributed by atoms with Gasteiger partial charge in [0.2, 0.25) is 5.95 Å². The largest absolute Gasteiger partial charge is 0.379 e. The van der Waals surface area contributed by atoms with E-state index >= 15 is 0 Å². The molecular formula is C24H29N5O2S. The lowest BCUT2D eigenvalue weighted by molar-refractivity contribution is 0.0378. The molecule has 1 aliphatic heterocycles. The summed E-state index contributed by atoms with van der Waals surface area (Å²) in [7, 11) is 0. The number of hydrogen-bond donors (Lipinski definition) is 2. The first-order valence-corrected chi connectivity index (χ1v) is 12.2. The fourth-order valence-electron chi connectivity index (χ4n) is 3.90. The van der Waals surface area contributed by atoms with Crippen LogP contribution in [0.2, 0.25) is 0 Å². The van der Waals surface area contributed by atoms with E-state index < -0.39 is 0 Å². The van der Waals surface area contributed by atoms with Gasteiger partial charge in [0.1, 0.15) is 4.83 Å². The first-order valence-electron chi connectivity index (χ1n) is 11.4. The predicted octanol–water partition coefficient (Wildman–Crippen LogP) is 3.69. The van der Waals surface area contributed by atoms with E-state index in [1.165, 1.54) is 0 Å². The van der Waals surface area contributed by atoms with Crippen molar-refractivity contribution in [2.45, 2.75) is 32.2 Å². The summed E-state index contributed by atoms with van der Waals surface area (Å²) in [6, 6.07) is 8.40. The van der Waals surface area contributed by atoms with Crippen molar-refractivity contribution < 1.29 is 9.53 Å². The first-order chi connectivity index (χ1) is 15.7. The van der Waals surface area contributed by atoms with Gasteiger partial charge in [-0.2, -0.15) is 0 Å². The molecule has 2 aromatic heterocycles. The molecule has 0 atom stereocenters. The highest BCUT2D eigenvalue weighted by atomic mass is 32.1. The second-order valence-corrected chi connectivity index (χ2v) is 9.61. The molecule has 3 heterocycles. The summed E-state index contributed by atoms with van der Waals surface area (Å²) in [5, 5.41) is 7.45. The van der Waals surface area contributed by atoms with Crippen LogP contribution in [0.25, 0.3) is 20.7 Å². The smallest absolute Gasteiger partial charge is 0.251 e. The van der Waals surface area contributed by atoms with Crippen LogP contribution in [0.4, 0.5) is 5.95 Å². The maximum atomic E-state index is 12.5. The van der Waals surface area contributed by atoms with Gasteiger partial charge in [0.15, 0.2) is 0 Å². The molecule has 1 saturated heterocycles. The molecular weight excluding hydrogens is 422 g/mol. The van der Waals surface area contributed by atoms with Crippen LogP contribution < -0.4 is 10.6 Å². The van der Waals surface area contributed by atoms with E-state index in [1.54, 1.807) is 11.3 Å². The Morgan fingerprint density at radius 3 is 2.91 bits per heavy atom. The SMILES string of the molecule is Cc1ccc(C(=O)NC2CC2)cc1-c1cc2cnc(NCCCN3CCOCC3)nc2s1. The van der Waals surface area contributed by atoms with Gasteiger partial charge < -0.3 is 15.4 Å². The second-order valence-electron chi connectivity index (χ2n) is 8.58. The molecule has 7 nitrogen and oxygen atoms in total. The van der Waals surface area contributed by atoms with Crippen molar-refractivity contribution in [3.05, 3.63) is 41.6 Å². The van der Waals surface area contributed by atoms with Crippen molar-refractivity contribution in [1.29, 1.82) is 0 Å². The molecule has 0 bridgehead atoms. The number of aromatic nitrogens is 2. The van der Waals surface area contributed by atoms with Crippen LogP contribution in [-0.4, -0.2) is 66.2 Å². The summed E-state index contributed by atoms with van der Waals surface area (Å²) >= 11 is 1.64. The van der Waals surface area contributed by atoms with Gasteiger partial charge >= 0.3 is 0 Å². The van der Waals surface area contributed by atoms with Crippen molar-refractivity contribution in [3.63, 3.8) is 0 Å². The zero-order valence-corrected chi connectivity index (χ0v) is 19.2. The molecule has 168 valence electrons. The lowest BCUT2D eigenvalue weighted by atomic mass is 10.0. The Morgan fingerprint density at radius 1 is 1.25 bits per heavy atom. The van der Waals surface area contributed by atoms with Crippen LogP contribution >= 0.6 is 11.3 Å². The lowest BCUT2D eigenvalue weighted by Crippen LogP contribution is -2.37. The average molecular weight is 452 g/mol. The van der Waals surface area contributed by atoms with Crippen LogP contribution in [0.1, 0.15) is 35.2 Å². The molecule has 32 heavy (non-hydrogen) atoms. The zero-order valence-electron chi connectivity index (χ0n) is 18.4. The minimum absolute atomic E-state index is 0.0122. The lowest BCUT2D eigenvalue weighted by Gasteiger charge is -2.26. The second kappa shape index (κ2) is 9.52. The quantitative estimate of drug-likeness (QED) is 0.509. The maximum absolute atomic E-state index is 12.5. The van der Waals surface area contributed by atoms with Gasteiger partial charge in [0.05, 0.1) is 13.2 Å². The summed E-state index contributed by atoms with van der Waals surface area (Å²) < 4.78 is 5.40. The minimum atomic E-state index is 0.0122. The number of nitrogens with zero attached hydrogens (tertiary/aromatic N) is 3. The number of aryl methyl sites for hydroxylation is 1. The number of carbonyl (C=O) groups is 1. The molecule has 2 N–H and O–H groups in total. The van der Waals surface area contributed by atoms with Gasteiger partial charge in [-0.15, -0.1) is 11.3 Å². The Balaban J connectivity index is 1.26. The summed E-state index contributed by atoms with van der Waals surface area (Å²) in [6.07, 6.45) is 5.10. The molecule has 1 aromatic carbocycles. The topological polar surface area (TPSA) is 79.4 Å². The Morgan fingerprint density at radius 2 is 2.09 bits per heavy atom. The van der Waals surface area contributed by atoms with Crippen LogP contribution in [-0.2, 0) is 4.74 Å². The van der Waals surface area contributed by atoms with Gasteiger partial charge in [-0.3, -0.25) is 9.69 Å². The average Bonchev–Trinajstić information content (AvgIpc) is 3.52. The molecule has 0 unspecified atom stereocenters. The Bertz CT molecular complexity index is 1100. The number of thiophene rings is 1. The molecule has 1 aliphatic carbocycles. The number of morpholine rings is 1. The number of benzene rings is 1. The Kier molecular flexibility index (Phi) is 6.34. The number of anilines is 1. The van der Waals surface area contributed by atoms with Crippen molar-refractivity contribution in [3.8, 4) is 10.4 Å². The van der Waals surface area contributed by atoms with Gasteiger partial charge in [0.25, 0.3) is 5.91 Å². The molecule has 2 aliphatic rings. The standard InChI is InChI=1S/C24H29N5O2S/c1-16-3-4-17(22(30)27-19-5-6-19)13-20(16)21-14-18-15-26-24(28-23(18)32-21)25-7-2-8-29-9-11-31-12-10-29/h3-4,13-15,19H,2,5-12H2,1H3,(H,27,30)(H,25,26,28). The van der Waals surface area contributed by atoms with E-state index in [2.05, 4.69) is 33.5 Å². The highest BCUT2D eigenvalue weighted by molar-refractivity contribution is 7.21. The number of nitrogens with one attached hydrogen (secondary N) is 2. The monoisotopic (exact) mass is 451 g/mol. The molecule has 1 saturated carbocycles. The highest BCUT2D eigenvalue weighted by Crippen LogP contribution is 2.35. The van der Waals surface area contributed by atoms with Crippen molar-refractivity contribution >= 4 is 33.4 Å². The number of hydrogen-bond acceptors (Lipinski definition) is 7. The summed E-state index contributed by atoms with van der Waals surface area (Å²) in [4.78, 5) is 26.2. The molecule has 5 rings (SSSR count). The van der Waals surface area contributed by atoms with Gasteiger partial charge in [0, 0.05) is 47.7 Å². The molecule has 1 amide bonds. The number of rotatable bonds is 8. The fourth-order valence-corrected chi connectivity index (χ4v) is 4.99. The number of amides is 1. The van der Waals surface area contributed by atoms with E-state index in [-0.39, 0.29) is 5.91 Å². The van der Waals surface area contributed by atoms with Gasteiger partial charge in [-0.1, -0.05) is 6.07 Å². The number of fused-ring (bicyclic) bond motifs is 1. The summed E-state index contributed by atoms with van der Waals surface area (Å²) in [5.74, 6) is 0.681. The third-order valence-electron chi connectivity index (χ3n) is 5.99. The van der Waals surface area contributed by atoms with Gasteiger partial charge in [-0.25, -0.2) is 9.97 Å². The number of ether oxygens (including phenoxy) is 1. The van der Waals surface area contributed by atoms with Crippen molar-refractivity contribution in [2.24, 2.45) is 0 Å². The molecule has 8 heteroatoms. The third kappa shape index (κ3) is 5.09. The Hall–Kier alpha value is -2.55. The van der Waals surface area contributed by atoms with Crippen molar-refractivity contribution in [2.75, 3.05) is 44.7 Å². The first kappa shape index (κ1) is 21.3. The third-order valence-corrected chi connectivity index (χ3v) is 7.07. The highest BCUT2D eigenvalue weighted by Gasteiger charge is 2.24. The fraction of sp³-hybridized carbons (Fsp3) is 0.458. The minimum Gasteiger partial charge on any atom is -0.379 e. The normalized spacial score (nSPS) is 16.9. The molecule has 2 fully saturated rings. The molecule has 3 aromatic rings. The van der Waals surface area contributed by atoms with E-state index in [0.29, 0.717) is 17.6 Å². The van der Waals surface area contributed by atoms with Crippen LogP contribution in [0.3, 0.4) is 0 Å². The van der Waals surface area contributed by atoms with E-state index in [9.17, 15) is 4.79 Å². The number of carbonyl (C=O) groups excluding carboxylic acids is 1.